The molecule has 10 nitrogen and oxygen atoms in total. The fourth-order valence-electron chi connectivity index (χ4n) is 4.39. The maximum atomic E-state index is 12.5. The monoisotopic (exact) mass is 509 g/mol. The predicted octanol–water partition coefficient (Wildman–Crippen LogP) is 2.49. The Hall–Kier alpha value is -2.27. The van der Waals surface area contributed by atoms with Crippen molar-refractivity contribution in [2.75, 3.05) is 75.4 Å². The minimum absolute atomic E-state index is 0.278. The van der Waals surface area contributed by atoms with E-state index < -0.39 is 21.2 Å². The highest BCUT2D eigenvalue weighted by molar-refractivity contribution is 8.32. The summed E-state index contributed by atoms with van der Waals surface area (Å²) >= 11 is 0. The second kappa shape index (κ2) is 9.65. The molecule has 4 heterocycles. The zero-order valence-electron chi connectivity index (χ0n) is 21.8. The number of likely N-dealkylation sites (tertiary alicyclic amines) is 1. The van der Waals surface area contributed by atoms with Gasteiger partial charge in [-0.1, -0.05) is 0 Å². The number of carbonyl (C=O) groups is 2. The van der Waals surface area contributed by atoms with E-state index in [0.717, 1.165) is 29.5 Å². The maximum absolute atomic E-state index is 12.5. The standard InChI is InChI=1S/C24H39N5O5S/c1-23(2,3)34-22(31)29-16-24(17-29)15-28(9-10-33-24)20-13-25-19-14-27(8-7-18(19)26-20)21(30)32-11-12-35(4,5)6/h13H,7-12,14-17H2,1-6H3. The van der Waals surface area contributed by atoms with Gasteiger partial charge in [0.1, 0.15) is 23.6 Å². The Balaban J connectivity index is 1.32. The lowest BCUT2D eigenvalue weighted by Gasteiger charge is -2.53. The van der Waals surface area contributed by atoms with E-state index in [1.165, 1.54) is 0 Å². The van der Waals surface area contributed by atoms with Gasteiger partial charge in [-0.3, -0.25) is 4.98 Å². The molecule has 3 aliphatic rings. The summed E-state index contributed by atoms with van der Waals surface area (Å²) in [6, 6.07) is 0. The number of amides is 2. The van der Waals surface area contributed by atoms with E-state index >= 15 is 0 Å². The van der Waals surface area contributed by atoms with E-state index in [4.69, 9.17) is 19.2 Å². The Bertz CT molecular complexity index is 955. The Morgan fingerprint density at radius 2 is 1.83 bits per heavy atom. The highest BCUT2D eigenvalue weighted by Gasteiger charge is 2.50. The van der Waals surface area contributed by atoms with E-state index in [1.807, 2.05) is 20.8 Å². The maximum Gasteiger partial charge on any atom is 0.410 e. The van der Waals surface area contributed by atoms with Gasteiger partial charge in [-0.15, -0.1) is 0 Å². The summed E-state index contributed by atoms with van der Waals surface area (Å²) in [7, 11) is -0.693. The molecule has 0 saturated carbocycles. The van der Waals surface area contributed by atoms with Crippen LogP contribution in [0.5, 0.6) is 0 Å². The fraction of sp³-hybridized carbons (Fsp3) is 0.750. The molecule has 0 aromatic carbocycles. The van der Waals surface area contributed by atoms with E-state index in [1.54, 1.807) is 16.0 Å². The average molecular weight is 510 g/mol. The number of hydrogen-bond acceptors (Lipinski definition) is 8. The van der Waals surface area contributed by atoms with Crippen LogP contribution >= 0.6 is 10.0 Å². The summed E-state index contributed by atoms with van der Waals surface area (Å²) in [6.45, 7) is 9.98. The lowest BCUT2D eigenvalue weighted by Crippen LogP contribution is -2.71. The van der Waals surface area contributed by atoms with E-state index in [2.05, 4.69) is 28.7 Å². The molecule has 1 aromatic heterocycles. The summed E-state index contributed by atoms with van der Waals surface area (Å²) in [6.07, 6.45) is 8.48. The average Bonchev–Trinajstić information content (AvgIpc) is 2.74. The van der Waals surface area contributed by atoms with Crippen molar-refractivity contribution >= 4 is 28.0 Å². The van der Waals surface area contributed by atoms with Gasteiger partial charge >= 0.3 is 12.2 Å². The number of fused-ring (bicyclic) bond motifs is 1. The Morgan fingerprint density at radius 3 is 2.51 bits per heavy atom. The number of morpholine rings is 1. The van der Waals surface area contributed by atoms with Gasteiger partial charge in [0.15, 0.2) is 0 Å². The highest BCUT2D eigenvalue weighted by atomic mass is 32.3. The molecule has 2 fully saturated rings. The third-order valence-corrected chi connectivity index (χ3v) is 7.63. The molecule has 1 aromatic rings. The topological polar surface area (TPSA) is 97.3 Å². The Morgan fingerprint density at radius 1 is 1.09 bits per heavy atom. The molecule has 0 N–H and O–H groups in total. The Labute approximate surface area is 209 Å². The van der Waals surface area contributed by atoms with Gasteiger partial charge in [0.2, 0.25) is 0 Å². The predicted molar refractivity (Wildman–Crippen MR) is 136 cm³/mol. The normalized spacial score (nSPS) is 20.2. The van der Waals surface area contributed by atoms with E-state index in [9.17, 15) is 9.59 Å². The quantitative estimate of drug-likeness (QED) is 0.611. The molecule has 11 heteroatoms. The molecule has 196 valence electrons. The molecule has 35 heavy (non-hydrogen) atoms. The van der Waals surface area contributed by atoms with Crippen molar-refractivity contribution in [3.63, 3.8) is 0 Å². The van der Waals surface area contributed by atoms with Gasteiger partial charge in [0.25, 0.3) is 0 Å². The van der Waals surface area contributed by atoms with Gasteiger partial charge < -0.3 is 28.9 Å². The molecule has 0 atom stereocenters. The first-order chi connectivity index (χ1) is 16.3. The summed E-state index contributed by atoms with van der Waals surface area (Å²) in [5, 5.41) is 0. The van der Waals surface area contributed by atoms with E-state index in [-0.39, 0.29) is 12.2 Å². The molecule has 0 bridgehead atoms. The van der Waals surface area contributed by atoms with Crippen molar-refractivity contribution in [1.82, 2.24) is 19.8 Å². The van der Waals surface area contributed by atoms with Gasteiger partial charge in [-0.05, 0) is 39.5 Å². The van der Waals surface area contributed by atoms with Crippen LogP contribution in [-0.4, -0.2) is 114 Å². The van der Waals surface area contributed by atoms with Crippen molar-refractivity contribution in [2.45, 2.75) is 44.9 Å². The van der Waals surface area contributed by atoms with Gasteiger partial charge in [0.05, 0.1) is 50.4 Å². The minimum atomic E-state index is -0.693. The number of anilines is 1. The molecule has 2 amide bonds. The number of rotatable bonds is 4. The summed E-state index contributed by atoms with van der Waals surface area (Å²) in [4.78, 5) is 39.9. The molecule has 0 radical (unpaired) electrons. The second-order valence-corrected chi connectivity index (χ2v) is 16.1. The molecular weight excluding hydrogens is 470 g/mol. The summed E-state index contributed by atoms with van der Waals surface area (Å²) in [5.74, 6) is 1.72. The van der Waals surface area contributed by atoms with Crippen molar-refractivity contribution in [3.8, 4) is 0 Å². The third kappa shape index (κ3) is 6.49. The van der Waals surface area contributed by atoms with Crippen molar-refractivity contribution < 1.29 is 23.8 Å². The smallest absolute Gasteiger partial charge is 0.410 e. The van der Waals surface area contributed by atoms with Crippen molar-refractivity contribution in [2.24, 2.45) is 0 Å². The van der Waals surface area contributed by atoms with Crippen LogP contribution in [0.3, 0.4) is 0 Å². The Kier molecular flexibility index (Phi) is 7.11. The zero-order valence-corrected chi connectivity index (χ0v) is 22.7. The first kappa shape index (κ1) is 25.8. The van der Waals surface area contributed by atoms with Crippen molar-refractivity contribution in [1.29, 1.82) is 0 Å². The van der Waals surface area contributed by atoms with Gasteiger partial charge in [-0.25, -0.2) is 24.6 Å². The molecule has 0 unspecified atom stereocenters. The molecule has 1 spiro atoms. The number of hydrogen-bond donors (Lipinski definition) is 0. The summed E-state index contributed by atoms with van der Waals surface area (Å²) < 4.78 is 17.0. The number of ether oxygens (including phenoxy) is 3. The first-order valence-corrected chi connectivity index (χ1v) is 15.1. The number of nitrogens with zero attached hydrogens (tertiary/aromatic N) is 5. The van der Waals surface area contributed by atoms with Crippen LogP contribution < -0.4 is 4.90 Å². The van der Waals surface area contributed by atoms with Crippen LogP contribution in [0.25, 0.3) is 0 Å². The van der Waals surface area contributed by atoms with Gasteiger partial charge in [0, 0.05) is 25.3 Å². The lowest BCUT2D eigenvalue weighted by atomic mass is 9.92. The molecular formula is C24H39N5O5S. The van der Waals surface area contributed by atoms with Crippen LogP contribution in [-0.2, 0) is 27.2 Å². The van der Waals surface area contributed by atoms with Crippen LogP contribution in [0, 0.1) is 0 Å². The van der Waals surface area contributed by atoms with Crippen LogP contribution in [0.1, 0.15) is 32.2 Å². The number of carbonyl (C=O) groups excluding carboxylic acids is 2. The first-order valence-electron chi connectivity index (χ1n) is 12.1. The highest BCUT2D eigenvalue weighted by Crippen LogP contribution is 2.34. The number of aromatic nitrogens is 2. The van der Waals surface area contributed by atoms with Crippen LogP contribution in [0.4, 0.5) is 15.4 Å². The zero-order chi connectivity index (χ0) is 25.4. The molecule has 3 aliphatic heterocycles. The third-order valence-electron chi connectivity index (χ3n) is 6.24. The summed E-state index contributed by atoms with van der Waals surface area (Å²) in [5.41, 5.74) is 0.830. The second-order valence-electron chi connectivity index (χ2n) is 11.5. The van der Waals surface area contributed by atoms with Crippen molar-refractivity contribution in [3.05, 3.63) is 17.6 Å². The minimum Gasteiger partial charge on any atom is -0.449 e. The van der Waals surface area contributed by atoms with E-state index in [0.29, 0.717) is 52.4 Å². The van der Waals surface area contributed by atoms with Crippen LogP contribution in [0.2, 0.25) is 0 Å². The van der Waals surface area contributed by atoms with Crippen LogP contribution in [0.15, 0.2) is 6.20 Å². The largest absolute Gasteiger partial charge is 0.449 e. The SMILES string of the molecule is CC(C)(C)OC(=O)N1CC2(C1)CN(c1cnc3c(n1)CCN(C(=O)OCCS(C)(C)C)C3)CCO2. The molecule has 4 rings (SSSR count). The molecule has 0 aliphatic carbocycles. The molecule has 2 saturated heterocycles. The lowest BCUT2D eigenvalue weighted by molar-refractivity contribution is -0.144. The fourth-order valence-corrected chi connectivity index (χ4v) is 4.97. The van der Waals surface area contributed by atoms with Gasteiger partial charge in [-0.2, -0.15) is 0 Å².